The molecule has 84 valence electrons. The normalized spacial score (nSPS) is 10.4. The lowest BCUT2D eigenvalue weighted by atomic mass is 10.1. The van der Waals surface area contributed by atoms with E-state index in [1.807, 2.05) is 26.0 Å². The van der Waals surface area contributed by atoms with Crippen molar-refractivity contribution in [2.24, 2.45) is 0 Å². The van der Waals surface area contributed by atoms with Gasteiger partial charge in [-0.1, -0.05) is 12.1 Å². The minimum absolute atomic E-state index is 0.236. The number of nitrogens with one attached hydrogen (secondary N) is 1. The van der Waals surface area contributed by atoms with Crippen LogP contribution < -0.4 is 10.5 Å². The van der Waals surface area contributed by atoms with E-state index in [1.165, 1.54) is 0 Å². The van der Waals surface area contributed by atoms with Crippen molar-refractivity contribution in [2.45, 2.75) is 20.5 Å². The summed E-state index contributed by atoms with van der Waals surface area (Å²) in [5.74, 6) is 1.72. The molecule has 1 aromatic heterocycles. The molecule has 0 aliphatic rings. The molecule has 0 amide bonds. The van der Waals surface area contributed by atoms with E-state index in [9.17, 15) is 0 Å². The Labute approximate surface area is 93.7 Å². The van der Waals surface area contributed by atoms with Crippen LogP contribution in [0.4, 0.5) is 5.95 Å². The zero-order valence-electron chi connectivity index (χ0n) is 9.32. The third kappa shape index (κ3) is 2.31. The molecule has 1 aromatic carbocycles. The van der Waals surface area contributed by atoms with Gasteiger partial charge in [-0.3, -0.25) is 5.10 Å². The molecular formula is C11H14N4O. The number of anilines is 1. The number of hydrogen-bond acceptors (Lipinski definition) is 4. The van der Waals surface area contributed by atoms with Gasteiger partial charge < -0.3 is 10.5 Å². The number of rotatable bonds is 3. The molecule has 0 fully saturated rings. The molecule has 2 rings (SSSR count). The summed E-state index contributed by atoms with van der Waals surface area (Å²) in [6.07, 6.45) is 0. The van der Waals surface area contributed by atoms with Crippen molar-refractivity contribution in [3.63, 3.8) is 0 Å². The standard InChI is InChI=1S/C11H14N4O/c1-7-3-4-8(2)9(5-7)16-6-10-13-11(12)15-14-10/h3-5H,6H2,1-2H3,(H3,12,13,14,15). The summed E-state index contributed by atoms with van der Waals surface area (Å²) in [6, 6.07) is 6.07. The largest absolute Gasteiger partial charge is 0.485 e. The van der Waals surface area contributed by atoms with Gasteiger partial charge >= 0.3 is 0 Å². The Hall–Kier alpha value is -2.04. The van der Waals surface area contributed by atoms with E-state index in [-0.39, 0.29) is 5.95 Å². The molecule has 0 spiro atoms. The van der Waals surface area contributed by atoms with Crippen LogP contribution in [0.25, 0.3) is 0 Å². The Morgan fingerprint density at radius 3 is 2.88 bits per heavy atom. The summed E-state index contributed by atoms with van der Waals surface area (Å²) in [4.78, 5) is 3.96. The lowest BCUT2D eigenvalue weighted by molar-refractivity contribution is 0.294. The number of nitrogen functional groups attached to an aromatic ring is 1. The van der Waals surface area contributed by atoms with Crippen LogP contribution in [0, 0.1) is 13.8 Å². The molecule has 3 N–H and O–H groups in total. The van der Waals surface area contributed by atoms with Crippen molar-refractivity contribution in [1.82, 2.24) is 15.2 Å². The van der Waals surface area contributed by atoms with Crippen molar-refractivity contribution in [2.75, 3.05) is 5.73 Å². The molecule has 1 heterocycles. The number of aryl methyl sites for hydroxylation is 2. The number of nitrogens with two attached hydrogens (primary N) is 1. The molecule has 0 aliphatic carbocycles. The summed E-state index contributed by atoms with van der Waals surface area (Å²) < 4.78 is 5.63. The van der Waals surface area contributed by atoms with Gasteiger partial charge in [0, 0.05) is 0 Å². The molecule has 0 saturated carbocycles. The van der Waals surface area contributed by atoms with Crippen LogP contribution >= 0.6 is 0 Å². The zero-order chi connectivity index (χ0) is 11.5. The summed E-state index contributed by atoms with van der Waals surface area (Å²) in [5.41, 5.74) is 7.65. The molecule has 0 atom stereocenters. The highest BCUT2D eigenvalue weighted by molar-refractivity contribution is 5.36. The van der Waals surface area contributed by atoms with Crippen LogP contribution in [0.1, 0.15) is 17.0 Å². The zero-order valence-corrected chi connectivity index (χ0v) is 9.32. The molecule has 0 unspecified atom stereocenters. The van der Waals surface area contributed by atoms with Crippen LogP contribution in [0.5, 0.6) is 5.75 Å². The quantitative estimate of drug-likeness (QED) is 0.820. The number of aromatic nitrogens is 3. The third-order valence-corrected chi connectivity index (χ3v) is 2.26. The fraction of sp³-hybridized carbons (Fsp3) is 0.273. The number of hydrogen-bond donors (Lipinski definition) is 2. The molecule has 5 nitrogen and oxygen atoms in total. The Bertz CT molecular complexity index is 492. The van der Waals surface area contributed by atoms with Crippen molar-refractivity contribution in [1.29, 1.82) is 0 Å². The Morgan fingerprint density at radius 1 is 1.38 bits per heavy atom. The van der Waals surface area contributed by atoms with Gasteiger partial charge in [0.15, 0.2) is 5.82 Å². The first-order valence-corrected chi connectivity index (χ1v) is 5.02. The van der Waals surface area contributed by atoms with Crippen molar-refractivity contribution >= 4 is 5.95 Å². The maximum Gasteiger partial charge on any atom is 0.239 e. The Kier molecular flexibility index (Phi) is 2.76. The molecule has 16 heavy (non-hydrogen) atoms. The van der Waals surface area contributed by atoms with Crippen LogP contribution in [-0.2, 0) is 6.61 Å². The number of nitrogens with zero attached hydrogens (tertiary/aromatic N) is 2. The monoisotopic (exact) mass is 218 g/mol. The van der Waals surface area contributed by atoms with Gasteiger partial charge in [-0.05, 0) is 31.0 Å². The highest BCUT2D eigenvalue weighted by Gasteiger charge is 2.03. The smallest absolute Gasteiger partial charge is 0.239 e. The van der Waals surface area contributed by atoms with Gasteiger partial charge in [-0.2, -0.15) is 4.98 Å². The first-order valence-electron chi connectivity index (χ1n) is 5.02. The lowest BCUT2D eigenvalue weighted by Crippen LogP contribution is -1.99. The average molecular weight is 218 g/mol. The van der Waals surface area contributed by atoms with E-state index in [0.717, 1.165) is 16.9 Å². The summed E-state index contributed by atoms with van der Waals surface area (Å²) in [5, 5.41) is 6.43. The van der Waals surface area contributed by atoms with E-state index in [0.29, 0.717) is 12.4 Å². The van der Waals surface area contributed by atoms with Crippen LogP contribution in [0.2, 0.25) is 0 Å². The van der Waals surface area contributed by atoms with Gasteiger partial charge in [-0.15, -0.1) is 5.10 Å². The van der Waals surface area contributed by atoms with Gasteiger partial charge in [-0.25, -0.2) is 0 Å². The SMILES string of the molecule is Cc1ccc(C)c(OCc2nc(N)n[nH]2)c1. The number of aromatic amines is 1. The first kappa shape index (κ1) is 10.5. The number of benzene rings is 1. The average Bonchev–Trinajstić information content (AvgIpc) is 2.66. The molecule has 2 aromatic rings. The second kappa shape index (κ2) is 4.22. The molecule has 0 radical (unpaired) electrons. The van der Waals surface area contributed by atoms with E-state index in [2.05, 4.69) is 21.2 Å². The second-order valence-electron chi connectivity index (χ2n) is 3.70. The van der Waals surface area contributed by atoms with E-state index in [1.54, 1.807) is 0 Å². The Morgan fingerprint density at radius 2 is 2.19 bits per heavy atom. The Balaban J connectivity index is 2.07. The highest BCUT2D eigenvalue weighted by atomic mass is 16.5. The summed E-state index contributed by atoms with van der Waals surface area (Å²) in [6.45, 7) is 4.37. The molecular weight excluding hydrogens is 204 g/mol. The van der Waals surface area contributed by atoms with Crippen molar-refractivity contribution < 1.29 is 4.74 Å². The second-order valence-corrected chi connectivity index (χ2v) is 3.70. The maximum atomic E-state index is 5.63. The predicted octanol–water partition coefficient (Wildman–Crippen LogP) is 1.58. The van der Waals surface area contributed by atoms with Crippen LogP contribution in [-0.4, -0.2) is 15.2 Å². The van der Waals surface area contributed by atoms with E-state index < -0.39 is 0 Å². The van der Waals surface area contributed by atoms with Crippen LogP contribution in [0.3, 0.4) is 0 Å². The van der Waals surface area contributed by atoms with Gasteiger partial charge in [0.25, 0.3) is 0 Å². The van der Waals surface area contributed by atoms with Crippen LogP contribution in [0.15, 0.2) is 18.2 Å². The fourth-order valence-corrected chi connectivity index (χ4v) is 1.38. The molecule has 5 heteroatoms. The van der Waals surface area contributed by atoms with Crippen molar-refractivity contribution in [3.05, 3.63) is 35.2 Å². The van der Waals surface area contributed by atoms with Gasteiger partial charge in [0.05, 0.1) is 0 Å². The minimum Gasteiger partial charge on any atom is -0.485 e. The summed E-state index contributed by atoms with van der Waals surface area (Å²) in [7, 11) is 0. The number of H-pyrrole nitrogens is 1. The van der Waals surface area contributed by atoms with Gasteiger partial charge in [0.1, 0.15) is 12.4 Å². The number of ether oxygens (including phenoxy) is 1. The van der Waals surface area contributed by atoms with E-state index >= 15 is 0 Å². The molecule has 0 aliphatic heterocycles. The fourth-order valence-electron chi connectivity index (χ4n) is 1.38. The summed E-state index contributed by atoms with van der Waals surface area (Å²) >= 11 is 0. The van der Waals surface area contributed by atoms with Gasteiger partial charge in [0.2, 0.25) is 5.95 Å². The minimum atomic E-state index is 0.236. The maximum absolute atomic E-state index is 5.63. The third-order valence-electron chi connectivity index (χ3n) is 2.26. The lowest BCUT2D eigenvalue weighted by Gasteiger charge is -2.08. The topological polar surface area (TPSA) is 76.8 Å². The molecule has 0 saturated heterocycles. The highest BCUT2D eigenvalue weighted by Crippen LogP contribution is 2.19. The first-order chi connectivity index (χ1) is 7.65. The molecule has 0 bridgehead atoms. The van der Waals surface area contributed by atoms with E-state index in [4.69, 9.17) is 10.5 Å². The van der Waals surface area contributed by atoms with Crippen molar-refractivity contribution in [3.8, 4) is 5.75 Å². The predicted molar refractivity (Wildman–Crippen MR) is 61.0 cm³/mol.